The minimum absolute atomic E-state index is 0.286. The molecule has 92 valence electrons. The second-order valence-corrected chi connectivity index (χ2v) is 4.72. The van der Waals surface area contributed by atoms with E-state index in [-0.39, 0.29) is 5.97 Å². The molecule has 0 spiro atoms. The van der Waals surface area contributed by atoms with Crippen LogP contribution in [0.4, 0.5) is 0 Å². The SMILES string of the molecule is COC(=O)C1(Cc2ccccc2)CCCC1O. The number of benzene rings is 1. The summed E-state index contributed by atoms with van der Waals surface area (Å²) in [6.07, 6.45) is 2.23. The summed E-state index contributed by atoms with van der Waals surface area (Å²) >= 11 is 0. The molecule has 1 aromatic carbocycles. The number of carbonyl (C=O) groups is 1. The van der Waals surface area contributed by atoms with Crippen molar-refractivity contribution in [1.29, 1.82) is 0 Å². The molecule has 0 heterocycles. The average Bonchev–Trinajstić information content (AvgIpc) is 2.72. The van der Waals surface area contributed by atoms with Crippen molar-refractivity contribution in [3.8, 4) is 0 Å². The molecular formula is C14H18O3. The van der Waals surface area contributed by atoms with Crippen LogP contribution in [0.2, 0.25) is 0 Å². The topological polar surface area (TPSA) is 46.5 Å². The number of carbonyl (C=O) groups excluding carboxylic acids is 1. The summed E-state index contributed by atoms with van der Waals surface area (Å²) in [6, 6.07) is 9.80. The van der Waals surface area contributed by atoms with Crippen LogP contribution in [0.3, 0.4) is 0 Å². The third-order valence-electron chi connectivity index (χ3n) is 3.69. The highest BCUT2D eigenvalue weighted by atomic mass is 16.5. The third kappa shape index (κ3) is 2.20. The lowest BCUT2D eigenvalue weighted by molar-refractivity contribution is -0.158. The van der Waals surface area contributed by atoms with Crippen LogP contribution < -0.4 is 0 Å². The van der Waals surface area contributed by atoms with Gasteiger partial charge in [0, 0.05) is 0 Å². The second kappa shape index (κ2) is 4.88. The van der Waals surface area contributed by atoms with Crippen LogP contribution >= 0.6 is 0 Å². The number of methoxy groups -OCH3 is 1. The molecule has 2 atom stereocenters. The van der Waals surface area contributed by atoms with Gasteiger partial charge in [-0.3, -0.25) is 4.79 Å². The predicted molar refractivity (Wildman–Crippen MR) is 64.5 cm³/mol. The highest BCUT2D eigenvalue weighted by Gasteiger charge is 2.49. The lowest BCUT2D eigenvalue weighted by Crippen LogP contribution is -2.41. The van der Waals surface area contributed by atoms with Gasteiger partial charge in [0.2, 0.25) is 0 Å². The van der Waals surface area contributed by atoms with E-state index in [1.807, 2.05) is 30.3 Å². The molecule has 1 fully saturated rings. The first-order valence-corrected chi connectivity index (χ1v) is 5.99. The molecule has 1 saturated carbocycles. The number of hydrogen-bond acceptors (Lipinski definition) is 3. The molecule has 0 saturated heterocycles. The zero-order chi connectivity index (χ0) is 12.3. The van der Waals surface area contributed by atoms with Crippen LogP contribution in [0.1, 0.15) is 24.8 Å². The van der Waals surface area contributed by atoms with E-state index in [1.54, 1.807) is 0 Å². The summed E-state index contributed by atoms with van der Waals surface area (Å²) in [7, 11) is 1.39. The van der Waals surface area contributed by atoms with Crippen molar-refractivity contribution in [2.45, 2.75) is 31.8 Å². The first kappa shape index (κ1) is 12.1. The monoisotopic (exact) mass is 234 g/mol. The molecule has 0 amide bonds. The number of hydrogen-bond donors (Lipinski definition) is 1. The van der Waals surface area contributed by atoms with E-state index in [1.165, 1.54) is 7.11 Å². The molecule has 17 heavy (non-hydrogen) atoms. The number of aliphatic hydroxyl groups is 1. The van der Waals surface area contributed by atoms with Gasteiger partial charge in [0.15, 0.2) is 0 Å². The van der Waals surface area contributed by atoms with E-state index in [0.29, 0.717) is 19.3 Å². The minimum Gasteiger partial charge on any atom is -0.469 e. The quantitative estimate of drug-likeness (QED) is 0.813. The van der Waals surface area contributed by atoms with E-state index < -0.39 is 11.5 Å². The van der Waals surface area contributed by atoms with Crippen LogP contribution in [0.15, 0.2) is 30.3 Å². The van der Waals surface area contributed by atoms with Crippen LogP contribution in [0, 0.1) is 5.41 Å². The smallest absolute Gasteiger partial charge is 0.314 e. The molecule has 0 radical (unpaired) electrons. The van der Waals surface area contributed by atoms with Gasteiger partial charge in [0.1, 0.15) is 0 Å². The summed E-state index contributed by atoms with van der Waals surface area (Å²) in [5, 5.41) is 10.1. The van der Waals surface area contributed by atoms with Gasteiger partial charge >= 0.3 is 5.97 Å². The van der Waals surface area contributed by atoms with Crippen LogP contribution in [0.5, 0.6) is 0 Å². The molecule has 0 aliphatic heterocycles. The maximum atomic E-state index is 12.0. The van der Waals surface area contributed by atoms with E-state index in [0.717, 1.165) is 12.0 Å². The Hall–Kier alpha value is -1.35. The Labute approximate surface area is 101 Å². The Balaban J connectivity index is 2.26. The van der Waals surface area contributed by atoms with Gasteiger partial charge in [-0.15, -0.1) is 0 Å². The number of aliphatic hydroxyl groups excluding tert-OH is 1. The highest BCUT2D eigenvalue weighted by molar-refractivity contribution is 5.78. The lowest BCUT2D eigenvalue weighted by Gasteiger charge is -2.29. The first-order valence-electron chi connectivity index (χ1n) is 5.99. The zero-order valence-electron chi connectivity index (χ0n) is 10.1. The van der Waals surface area contributed by atoms with Gasteiger partial charge in [0.05, 0.1) is 18.6 Å². The average molecular weight is 234 g/mol. The number of esters is 1. The Morgan fingerprint density at radius 3 is 2.71 bits per heavy atom. The van der Waals surface area contributed by atoms with Gasteiger partial charge in [0.25, 0.3) is 0 Å². The number of ether oxygens (including phenoxy) is 1. The summed E-state index contributed by atoms with van der Waals surface area (Å²) < 4.78 is 4.88. The Bertz CT molecular complexity index is 388. The largest absolute Gasteiger partial charge is 0.469 e. The van der Waals surface area contributed by atoms with Crippen molar-refractivity contribution in [3.05, 3.63) is 35.9 Å². The maximum absolute atomic E-state index is 12.0. The maximum Gasteiger partial charge on any atom is 0.314 e. The van der Waals surface area contributed by atoms with Crippen LogP contribution in [-0.2, 0) is 16.0 Å². The number of rotatable bonds is 3. The van der Waals surface area contributed by atoms with Crippen molar-refractivity contribution >= 4 is 5.97 Å². The molecule has 3 heteroatoms. The molecule has 2 unspecified atom stereocenters. The van der Waals surface area contributed by atoms with Crippen molar-refractivity contribution in [1.82, 2.24) is 0 Å². The predicted octanol–water partition coefficient (Wildman–Crippen LogP) is 1.93. The Kier molecular flexibility index (Phi) is 3.48. The van der Waals surface area contributed by atoms with Crippen molar-refractivity contribution in [3.63, 3.8) is 0 Å². The fraction of sp³-hybridized carbons (Fsp3) is 0.500. The van der Waals surface area contributed by atoms with Crippen LogP contribution in [0.25, 0.3) is 0 Å². The molecule has 1 N–H and O–H groups in total. The van der Waals surface area contributed by atoms with Crippen molar-refractivity contribution < 1.29 is 14.6 Å². The molecule has 2 rings (SSSR count). The molecule has 0 bridgehead atoms. The first-order chi connectivity index (χ1) is 8.19. The summed E-state index contributed by atoms with van der Waals surface area (Å²) in [4.78, 5) is 12.0. The van der Waals surface area contributed by atoms with Crippen LogP contribution in [-0.4, -0.2) is 24.3 Å². The Morgan fingerprint density at radius 1 is 1.47 bits per heavy atom. The highest BCUT2D eigenvalue weighted by Crippen LogP contribution is 2.42. The second-order valence-electron chi connectivity index (χ2n) is 4.72. The van der Waals surface area contributed by atoms with E-state index in [9.17, 15) is 9.90 Å². The van der Waals surface area contributed by atoms with Gasteiger partial charge in [-0.1, -0.05) is 30.3 Å². The zero-order valence-corrected chi connectivity index (χ0v) is 10.1. The van der Waals surface area contributed by atoms with Gasteiger partial charge in [-0.2, -0.15) is 0 Å². The van der Waals surface area contributed by atoms with Gasteiger partial charge < -0.3 is 9.84 Å². The third-order valence-corrected chi connectivity index (χ3v) is 3.69. The lowest BCUT2D eigenvalue weighted by atomic mass is 9.78. The molecule has 1 aliphatic carbocycles. The van der Waals surface area contributed by atoms with Crippen molar-refractivity contribution in [2.75, 3.05) is 7.11 Å². The summed E-state index contributed by atoms with van der Waals surface area (Å²) in [5.41, 5.74) is 0.328. The molecule has 3 nitrogen and oxygen atoms in total. The Morgan fingerprint density at radius 2 is 2.18 bits per heavy atom. The summed E-state index contributed by atoms with van der Waals surface area (Å²) in [5.74, 6) is -0.286. The molecule has 0 aromatic heterocycles. The minimum atomic E-state index is -0.740. The standard InChI is InChI=1S/C14H18O3/c1-17-13(16)14(9-5-8-12(14)15)10-11-6-3-2-4-7-11/h2-4,6-7,12,15H,5,8-10H2,1H3. The molecule has 1 aromatic rings. The summed E-state index contributed by atoms with van der Waals surface area (Å²) in [6.45, 7) is 0. The van der Waals surface area contributed by atoms with Gasteiger partial charge in [-0.05, 0) is 31.2 Å². The van der Waals surface area contributed by atoms with E-state index >= 15 is 0 Å². The fourth-order valence-corrected chi connectivity index (χ4v) is 2.73. The van der Waals surface area contributed by atoms with Gasteiger partial charge in [-0.25, -0.2) is 0 Å². The molecular weight excluding hydrogens is 216 g/mol. The van der Waals surface area contributed by atoms with E-state index in [2.05, 4.69) is 0 Å². The van der Waals surface area contributed by atoms with E-state index in [4.69, 9.17) is 4.74 Å². The normalized spacial score (nSPS) is 28.0. The van der Waals surface area contributed by atoms with Crippen molar-refractivity contribution in [2.24, 2.45) is 5.41 Å². The molecule has 1 aliphatic rings. The fourth-order valence-electron chi connectivity index (χ4n) is 2.73.